The van der Waals surface area contributed by atoms with E-state index in [0.717, 1.165) is 14.2 Å². The van der Waals surface area contributed by atoms with E-state index in [4.69, 9.17) is 4.74 Å². The van der Waals surface area contributed by atoms with Crippen LogP contribution in [0.1, 0.15) is 29.2 Å². The highest BCUT2D eigenvalue weighted by Crippen LogP contribution is 2.37. The van der Waals surface area contributed by atoms with Crippen LogP contribution in [0.15, 0.2) is 16.0 Å². The Balaban J connectivity index is 2.44. The Morgan fingerprint density at radius 1 is 1.61 bits per heavy atom. The van der Waals surface area contributed by atoms with Crippen molar-refractivity contribution in [1.82, 2.24) is 9.78 Å². The Labute approximate surface area is 118 Å². The number of nitrogens with zero attached hydrogens (tertiary/aromatic N) is 2. The lowest BCUT2D eigenvalue weighted by Gasteiger charge is -2.12. The van der Waals surface area contributed by atoms with Crippen molar-refractivity contribution in [2.75, 3.05) is 7.11 Å². The normalized spacial score (nSPS) is 12.7. The molecule has 0 aromatic carbocycles. The molecule has 2 aromatic heterocycles. The maximum atomic E-state index is 10.5. The summed E-state index contributed by atoms with van der Waals surface area (Å²) in [4.78, 5) is 0.882. The predicted octanol–water partition coefficient (Wildman–Crippen LogP) is 3.13. The summed E-state index contributed by atoms with van der Waals surface area (Å²) in [5, 5.41) is 14.7. The first-order chi connectivity index (χ1) is 8.58. The number of ether oxygens (including phenoxy) is 1. The number of aliphatic hydroxyl groups excluding tert-OH is 1. The first kappa shape index (κ1) is 13.6. The van der Waals surface area contributed by atoms with Crippen molar-refractivity contribution in [3.05, 3.63) is 32.2 Å². The zero-order chi connectivity index (χ0) is 13.3. The van der Waals surface area contributed by atoms with Crippen molar-refractivity contribution in [2.24, 2.45) is 0 Å². The molecular weight excluding hydrogens is 316 g/mol. The molecule has 2 rings (SSSR count). The van der Waals surface area contributed by atoms with Gasteiger partial charge in [-0.15, -0.1) is 11.3 Å². The Morgan fingerprint density at radius 3 is 2.83 bits per heavy atom. The highest BCUT2D eigenvalue weighted by atomic mass is 79.9. The van der Waals surface area contributed by atoms with Gasteiger partial charge in [-0.3, -0.25) is 4.68 Å². The summed E-state index contributed by atoms with van der Waals surface area (Å²) in [5.41, 5.74) is 1.82. The number of thiophene rings is 1. The van der Waals surface area contributed by atoms with Gasteiger partial charge in [0.15, 0.2) is 5.75 Å². The van der Waals surface area contributed by atoms with E-state index >= 15 is 0 Å². The lowest BCUT2D eigenvalue weighted by molar-refractivity contribution is 0.206. The van der Waals surface area contributed by atoms with Gasteiger partial charge in [0.25, 0.3) is 0 Å². The van der Waals surface area contributed by atoms with Crippen LogP contribution >= 0.6 is 27.3 Å². The van der Waals surface area contributed by atoms with Crippen LogP contribution in [0, 0.1) is 6.92 Å². The van der Waals surface area contributed by atoms with Crippen molar-refractivity contribution in [2.45, 2.75) is 26.5 Å². The average molecular weight is 331 g/mol. The third-order valence-corrected chi connectivity index (χ3v) is 4.96. The van der Waals surface area contributed by atoms with Crippen LogP contribution in [0.25, 0.3) is 0 Å². The van der Waals surface area contributed by atoms with Crippen molar-refractivity contribution in [1.29, 1.82) is 0 Å². The molecule has 0 amide bonds. The van der Waals surface area contributed by atoms with Crippen LogP contribution in [-0.4, -0.2) is 22.0 Å². The Hall–Kier alpha value is -0.850. The largest absolute Gasteiger partial charge is 0.493 e. The van der Waals surface area contributed by atoms with Gasteiger partial charge in [0.2, 0.25) is 0 Å². The smallest absolute Gasteiger partial charge is 0.163 e. The topological polar surface area (TPSA) is 47.3 Å². The van der Waals surface area contributed by atoms with Crippen LogP contribution in [0.3, 0.4) is 0 Å². The molecule has 98 valence electrons. The maximum Gasteiger partial charge on any atom is 0.163 e. The van der Waals surface area contributed by atoms with Gasteiger partial charge in [-0.2, -0.15) is 5.10 Å². The molecule has 18 heavy (non-hydrogen) atoms. The molecule has 1 atom stereocenters. The third-order valence-electron chi connectivity index (χ3n) is 2.77. The van der Waals surface area contributed by atoms with Crippen LogP contribution in [0.4, 0.5) is 0 Å². The van der Waals surface area contributed by atoms with Crippen LogP contribution in [0.5, 0.6) is 5.75 Å². The van der Waals surface area contributed by atoms with E-state index in [0.29, 0.717) is 18.0 Å². The summed E-state index contributed by atoms with van der Waals surface area (Å²) >= 11 is 5.00. The number of hydrogen-bond acceptors (Lipinski definition) is 4. The Morgan fingerprint density at radius 2 is 2.33 bits per heavy atom. The molecule has 0 spiro atoms. The van der Waals surface area contributed by atoms with E-state index in [9.17, 15) is 5.11 Å². The van der Waals surface area contributed by atoms with Crippen LogP contribution in [0.2, 0.25) is 0 Å². The fourth-order valence-corrected chi connectivity index (χ4v) is 3.38. The van der Waals surface area contributed by atoms with Crippen molar-refractivity contribution < 1.29 is 9.84 Å². The molecule has 0 aliphatic carbocycles. The molecule has 0 saturated carbocycles. The highest BCUT2D eigenvalue weighted by Gasteiger charge is 2.23. The van der Waals surface area contributed by atoms with Gasteiger partial charge in [0.05, 0.1) is 17.1 Å². The summed E-state index contributed by atoms with van der Waals surface area (Å²) in [6.45, 7) is 4.69. The summed E-state index contributed by atoms with van der Waals surface area (Å²) in [7, 11) is 1.59. The standard InChI is InChI=1S/C12H15BrN2O2S/c1-4-15-10(8(17-3)6-14-15)11(16)9-5-7(2)12(13)18-9/h5-6,11,16H,4H2,1-3H3. The first-order valence-electron chi connectivity index (χ1n) is 5.62. The molecule has 2 heterocycles. The summed E-state index contributed by atoms with van der Waals surface area (Å²) in [5.74, 6) is 0.617. The number of methoxy groups -OCH3 is 1. The lowest BCUT2D eigenvalue weighted by atomic mass is 10.2. The minimum atomic E-state index is -0.711. The van der Waals surface area contributed by atoms with E-state index in [1.54, 1.807) is 18.0 Å². The summed E-state index contributed by atoms with van der Waals surface area (Å²) < 4.78 is 8.05. The molecule has 0 aliphatic heterocycles. The molecule has 0 bridgehead atoms. The molecule has 0 saturated heterocycles. The van der Waals surface area contributed by atoms with Gasteiger partial charge < -0.3 is 9.84 Å². The SMILES string of the molecule is CCn1ncc(OC)c1C(O)c1cc(C)c(Br)s1. The number of aromatic nitrogens is 2. The molecule has 1 N–H and O–H groups in total. The number of rotatable bonds is 4. The van der Waals surface area contributed by atoms with E-state index < -0.39 is 6.10 Å². The Kier molecular flexibility index (Phi) is 4.09. The second-order valence-electron chi connectivity index (χ2n) is 3.92. The minimum absolute atomic E-state index is 0.617. The monoisotopic (exact) mass is 330 g/mol. The van der Waals surface area contributed by atoms with E-state index in [2.05, 4.69) is 21.0 Å². The molecule has 0 aliphatic rings. The van der Waals surface area contributed by atoms with Gasteiger partial charge in [-0.05, 0) is 41.4 Å². The van der Waals surface area contributed by atoms with Gasteiger partial charge >= 0.3 is 0 Å². The van der Waals surface area contributed by atoms with Gasteiger partial charge in [-0.1, -0.05) is 0 Å². The summed E-state index contributed by atoms with van der Waals surface area (Å²) in [6.07, 6.45) is 0.926. The van der Waals surface area contributed by atoms with Crippen LogP contribution in [-0.2, 0) is 6.54 Å². The third kappa shape index (κ3) is 2.32. The molecular formula is C12H15BrN2O2S. The molecule has 0 fully saturated rings. The maximum absolute atomic E-state index is 10.5. The van der Waals surface area contributed by atoms with Crippen LogP contribution < -0.4 is 4.74 Å². The van der Waals surface area contributed by atoms with E-state index in [1.807, 2.05) is 19.9 Å². The fourth-order valence-electron chi connectivity index (χ4n) is 1.82. The minimum Gasteiger partial charge on any atom is -0.493 e. The van der Waals surface area contributed by atoms with E-state index in [-0.39, 0.29) is 0 Å². The van der Waals surface area contributed by atoms with Gasteiger partial charge in [0, 0.05) is 11.4 Å². The second kappa shape index (κ2) is 5.42. The number of hydrogen-bond donors (Lipinski definition) is 1. The fraction of sp³-hybridized carbons (Fsp3) is 0.417. The Bertz CT molecular complexity index is 509. The summed E-state index contributed by atoms with van der Waals surface area (Å²) in [6, 6.07) is 1.98. The molecule has 6 heteroatoms. The first-order valence-corrected chi connectivity index (χ1v) is 7.23. The van der Waals surface area contributed by atoms with E-state index in [1.165, 1.54) is 11.3 Å². The quantitative estimate of drug-likeness (QED) is 0.936. The van der Waals surface area contributed by atoms with Crippen molar-refractivity contribution in [3.8, 4) is 5.75 Å². The zero-order valence-electron chi connectivity index (χ0n) is 10.5. The predicted molar refractivity (Wildman–Crippen MR) is 75.3 cm³/mol. The lowest BCUT2D eigenvalue weighted by Crippen LogP contribution is -2.09. The van der Waals surface area contributed by atoms with Crippen molar-refractivity contribution >= 4 is 27.3 Å². The van der Waals surface area contributed by atoms with Crippen molar-refractivity contribution in [3.63, 3.8) is 0 Å². The molecule has 1 unspecified atom stereocenters. The van der Waals surface area contributed by atoms with Gasteiger partial charge in [0.1, 0.15) is 11.8 Å². The van der Waals surface area contributed by atoms with Gasteiger partial charge in [-0.25, -0.2) is 0 Å². The molecule has 2 aromatic rings. The molecule has 0 radical (unpaired) electrons. The highest BCUT2D eigenvalue weighted by molar-refractivity contribution is 9.11. The average Bonchev–Trinajstić information content (AvgIpc) is 2.92. The second-order valence-corrected chi connectivity index (χ2v) is 6.32. The number of halogens is 1. The zero-order valence-corrected chi connectivity index (χ0v) is 12.9. The number of aryl methyl sites for hydroxylation is 2. The number of aliphatic hydroxyl groups is 1. The molecule has 4 nitrogen and oxygen atoms in total.